The average Bonchev–Trinajstić information content (AvgIpc) is 2.97. The monoisotopic (exact) mass is 415 g/mol. The molecule has 0 saturated carbocycles. The third kappa shape index (κ3) is 4.68. The van der Waals surface area contributed by atoms with Gasteiger partial charge in [-0.25, -0.2) is 4.79 Å². The number of carbonyl (C=O) groups is 2. The highest BCUT2D eigenvalue weighted by Gasteiger charge is 2.19. The molecule has 3 aromatic rings. The number of amides is 1. The molecule has 1 amide bonds. The number of fused-ring (bicyclic) bond motifs is 1. The molecule has 0 spiro atoms. The molecule has 0 fully saturated rings. The Labute approximate surface area is 173 Å². The van der Waals surface area contributed by atoms with Crippen molar-refractivity contribution in [2.45, 2.75) is 19.5 Å². The van der Waals surface area contributed by atoms with Crippen molar-refractivity contribution in [2.24, 2.45) is 7.05 Å². The number of esters is 1. The maximum absolute atomic E-state index is 12.9. The molecule has 1 heterocycles. The van der Waals surface area contributed by atoms with E-state index < -0.39 is 5.97 Å². The van der Waals surface area contributed by atoms with Crippen LogP contribution in [-0.2, 0) is 34.5 Å². The van der Waals surface area contributed by atoms with Crippen molar-refractivity contribution < 1.29 is 14.3 Å². The number of nitrogens with zero attached hydrogens (tertiary/aromatic N) is 3. The second kappa shape index (κ2) is 8.96. The number of hydrogen-bond donors (Lipinski definition) is 0. The lowest BCUT2D eigenvalue weighted by atomic mass is 10.2. The highest BCUT2D eigenvalue weighted by molar-refractivity contribution is 6.30. The molecule has 0 bridgehead atoms. The van der Waals surface area contributed by atoms with Crippen LogP contribution in [0.5, 0.6) is 0 Å². The summed E-state index contributed by atoms with van der Waals surface area (Å²) in [6, 6.07) is 14.5. The van der Waals surface area contributed by atoms with Crippen molar-refractivity contribution in [2.75, 3.05) is 13.7 Å². The van der Waals surface area contributed by atoms with Crippen molar-refractivity contribution in [1.29, 1.82) is 0 Å². The Morgan fingerprint density at radius 3 is 2.38 bits per heavy atom. The van der Waals surface area contributed by atoms with E-state index in [0.717, 1.165) is 16.6 Å². The number of imidazole rings is 1. The average molecular weight is 416 g/mol. The van der Waals surface area contributed by atoms with Gasteiger partial charge in [-0.05, 0) is 29.8 Å². The van der Waals surface area contributed by atoms with E-state index in [2.05, 4.69) is 0 Å². The molecule has 0 N–H and O–H groups in total. The van der Waals surface area contributed by atoms with E-state index in [0.29, 0.717) is 5.02 Å². The van der Waals surface area contributed by atoms with Gasteiger partial charge in [-0.3, -0.25) is 18.7 Å². The first-order valence-electron chi connectivity index (χ1n) is 9.14. The van der Waals surface area contributed by atoms with Gasteiger partial charge < -0.3 is 9.64 Å². The fourth-order valence-electron chi connectivity index (χ4n) is 3.21. The minimum absolute atomic E-state index is 0.0818. The van der Waals surface area contributed by atoms with E-state index >= 15 is 0 Å². The highest BCUT2D eigenvalue weighted by Crippen LogP contribution is 2.14. The summed E-state index contributed by atoms with van der Waals surface area (Å²) in [5.74, 6) is -0.750. The molecule has 0 aliphatic carbocycles. The maximum Gasteiger partial charge on any atom is 0.328 e. The smallest absolute Gasteiger partial charge is 0.328 e. The Morgan fingerprint density at radius 2 is 1.72 bits per heavy atom. The molecule has 29 heavy (non-hydrogen) atoms. The number of methoxy groups -OCH3 is 1. The SMILES string of the molecule is COC(=O)CN(Cc1ccc(Cl)cc1)C(=O)CCn1c(=O)n(C)c2ccccc21. The number of halogens is 1. The summed E-state index contributed by atoms with van der Waals surface area (Å²) in [6.45, 7) is 0.301. The number of rotatable bonds is 7. The van der Waals surface area contributed by atoms with Gasteiger partial charge in [0.05, 0.1) is 18.1 Å². The molecular formula is C21H22ClN3O4. The van der Waals surface area contributed by atoms with Crippen LogP contribution in [0.15, 0.2) is 53.3 Å². The second-order valence-corrected chi connectivity index (χ2v) is 7.12. The van der Waals surface area contributed by atoms with E-state index in [-0.39, 0.29) is 37.7 Å². The van der Waals surface area contributed by atoms with Crippen molar-refractivity contribution in [3.63, 3.8) is 0 Å². The zero-order valence-electron chi connectivity index (χ0n) is 16.3. The number of benzene rings is 2. The molecule has 2 aromatic carbocycles. The predicted octanol–water partition coefficient (Wildman–Crippen LogP) is 2.59. The minimum atomic E-state index is -0.505. The number of ether oxygens (including phenoxy) is 1. The van der Waals surface area contributed by atoms with Gasteiger partial charge in [0, 0.05) is 31.6 Å². The minimum Gasteiger partial charge on any atom is -0.468 e. The third-order valence-electron chi connectivity index (χ3n) is 4.79. The third-order valence-corrected chi connectivity index (χ3v) is 5.04. The van der Waals surface area contributed by atoms with Crippen molar-refractivity contribution >= 4 is 34.5 Å². The predicted molar refractivity (Wildman–Crippen MR) is 111 cm³/mol. The number of carbonyl (C=O) groups excluding carboxylic acids is 2. The largest absolute Gasteiger partial charge is 0.468 e. The molecule has 152 valence electrons. The maximum atomic E-state index is 12.9. The Bertz CT molecular complexity index is 1090. The van der Waals surface area contributed by atoms with Crippen LogP contribution in [0.4, 0.5) is 0 Å². The van der Waals surface area contributed by atoms with Crippen LogP contribution in [0, 0.1) is 0 Å². The molecule has 0 atom stereocenters. The molecule has 0 aliphatic rings. The molecular weight excluding hydrogens is 394 g/mol. The Balaban J connectivity index is 1.78. The van der Waals surface area contributed by atoms with Crippen LogP contribution in [0.3, 0.4) is 0 Å². The number of aromatic nitrogens is 2. The van der Waals surface area contributed by atoms with Crippen molar-refractivity contribution in [1.82, 2.24) is 14.0 Å². The lowest BCUT2D eigenvalue weighted by Crippen LogP contribution is -2.36. The Morgan fingerprint density at radius 1 is 1.07 bits per heavy atom. The van der Waals surface area contributed by atoms with E-state index in [1.807, 2.05) is 24.3 Å². The van der Waals surface area contributed by atoms with Crippen LogP contribution in [0.1, 0.15) is 12.0 Å². The molecule has 0 aliphatic heterocycles. The fourth-order valence-corrected chi connectivity index (χ4v) is 3.33. The number of aryl methyl sites for hydroxylation is 2. The Hall–Kier alpha value is -3.06. The van der Waals surface area contributed by atoms with E-state index in [1.165, 1.54) is 12.0 Å². The Kier molecular flexibility index (Phi) is 6.39. The first-order chi connectivity index (χ1) is 13.9. The summed E-state index contributed by atoms with van der Waals surface area (Å²) in [5, 5.41) is 0.593. The van der Waals surface area contributed by atoms with E-state index in [1.54, 1.807) is 40.4 Å². The number of para-hydroxylation sites is 2. The zero-order chi connectivity index (χ0) is 21.0. The van der Waals surface area contributed by atoms with E-state index in [4.69, 9.17) is 16.3 Å². The molecule has 7 nitrogen and oxygen atoms in total. The van der Waals surface area contributed by atoms with Gasteiger partial charge in [0.1, 0.15) is 6.54 Å². The molecule has 3 rings (SSSR count). The van der Waals surface area contributed by atoms with Gasteiger partial charge >= 0.3 is 11.7 Å². The van der Waals surface area contributed by atoms with Gasteiger partial charge in [0.15, 0.2) is 0 Å². The summed E-state index contributed by atoms with van der Waals surface area (Å²) in [5.41, 5.74) is 2.23. The van der Waals surface area contributed by atoms with Gasteiger partial charge in [0.25, 0.3) is 0 Å². The molecule has 8 heteroatoms. The van der Waals surface area contributed by atoms with Crippen LogP contribution in [0.2, 0.25) is 5.02 Å². The van der Waals surface area contributed by atoms with Crippen LogP contribution < -0.4 is 5.69 Å². The molecule has 1 aromatic heterocycles. The molecule has 0 radical (unpaired) electrons. The van der Waals surface area contributed by atoms with Gasteiger partial charge in [0.2, 0.25) is 5.91 Å². The lowest BCUT2D eigenvalue weighted by Gasteiger charge is -2.22. The number of hydrogen-bond acceptors (Lipinski definition) is 4. The second-order valence-electron chi connectivity index (χ2n) is 6.68. The van der Waals surface area contributed by atoms with Crippen LogP contribution in [0.25, 0.3) is 11.0 Å². The standard InChI is InChI=1S/C21H22ClN3O4/c1-23-17-5-3-4-6-18(17)25(21(23)28)12-11-19(26)24(14-20(27)29-2)13-15-7-9-16(22)10-8-15/h3-10H,11-14H2,1-2H3. The van der Waals surface area contributed by atoms with Crippen LogP contribution >= 0.6 is 11.6 Å². The first kappa shape index (κ1) is 20.7. The summed E-state index contributed by atoms with van der Waals surface area (Å²) in [7, 11) is 2.98. The summed E-state index contributed by atoms with van der Waals surface area (Å²) in [6.07, 6.45) is 0.0818. The topological polar surface area (TPSA) is 73.5 Å². The first-order valence-corrected chi connectivity index (χ1v) is 9.52. The zero-order valence-corrected chi connectivity index (χ0v) is 17.1. The fraction of sp³-hybridized carbons (Fsp3) is 0.286. The lowest BCUT2D eigenvalue weighted by molar-refractivity contribution is -0.147. The van der Waals surface area contributed by atoms with Crippen molar-refractivity contribution in [3.05, 3.63) is 69.6 Å². The normalized spacial score (nSPS) is 10.9. The summed E-state index contributed by atoms with van der Waals surface area (Å²) < 4.78 is 7.85. The van der Waals surface area contributed by atoms with Crippen molar-refractivity contribution in [3.8, 4) is 0 Å². The van der Waals surface area contributed by atoms with Crippen LogP contribution in [-0.4, -0.2) is 39.6 Å². The van der Waals surface area contributed by atoms with Gasteiger partial charge in [-0.15, -0.1) is 0 Å². The van der Waals surface area contributed by atoms with Gasteiger partial charge in [-0.2, -0.15) is 0 Å². The summed E-state index contributed by atoms with van der Waals surface area (Å²) >= 11 is 5.91. The molecule has 0 unspecified atom stereocenters. The molecule has 0 saturated heterocycles. The highest BCUT2D eigenvalue weighted by atomic mass is 35.5. The summed E-state index contributed by atoms with van der Waals surface area (Å²) in [4.78, 5) is 38.6. The van der Waals surface area contributed by atoms with E-state index in [9.17, 15) is 14.4 Å². The quantitative estimate of drug-likeness (QED) is 0.556. The van der Waals surface area contributed by atoms with Gasteiger partial charge in [-0.1, -0.05) is 35.9 Å².